The molecule has 0 radical (unpaired) electrons. The molecule has 10 heteroatoms. The summed E-state index contributed by atoms with van der Waals surface area (Å²) < 4.78 is 11.1. The van der Waals surface area contributed by atoms with Gasteiger partial charge in [0, 0.05) is 49.1 Å². The number of aliphatic hydroxyl groups excluding tert-OH is 1. The summed E-state index contributed by atoms with van der Waals surface area (Å²) in [7, 11) is 3.31. The van der Waals surface area contributed by atoms with Gasteiger partial charge in [-0.2, -0.15) is 5.10 Å². The van der Waals surface area contributed by atoms with E-state index in [0.29, 0.717) is 51.9 Å². The van der Waals surface area contributed by atoms with E-state index in [1.54, 1.807) is 25.3 Å². The molecule has 10 nitrogen and oxygen atoms in total. The summed E-state index contributed by atoms with van der Waals surface area (Å²) >= 11 is 0. The Morgan fingerprint density at radius 3 is 2.67 bits per heavy atom. The summed E-state index contributed by atoms with van der Waals surface area (Å²) in [5.41, 5.74) is 3.23. The highest BCUT2D eigenvalue weighted by molar-refractivity contribution is 5.83. The predicted octanol–water partition coefficient (Wildman–Crippen LogP) is 3.69. The maximum Gasteiger partial charge on any atom is 0.325 e. The van der Waals surface area contributed by atoms with E-state index in [1.165, 1.54) is 6.92 Å². The first-order valence-corrected chi connectivity index (χ1v) is 13.7. The Kier molecular flexibility index (Phi) is 7.97. The van der Waals surface area contributed by atoms with E-state index in [0.717, 1.165) is 33.9 Å². The predicted molar refractivity (Wildman–Crippen MR) is 150 cm³/mol. The summed E-state index contributed by atoms with van der Waals surface area (Å²) in [5.74, 6) is 1.34. The van der Waals surface area contributed by atoms with Crippen LogP contribution in [-0.4, -0.2) is 87.4 Å². The van der Waals surface area contributed by atoms with E-state index >= 15 is 0 Å². The van der Waals surface area contributed by atoms with Crippen LogP contribution in [0.4, 0.5) is 4.79 Å². The van der Waals surface area contributed by atoms with Crippen molar-refractivity contribution in [1.82, 2.24) is 24.9 Å². The molecule has 1 aliphatic carbocycles. The van der Waals surface area contributed by atoms with Crippen LogP contribution in [0.25, 0.3) is 5.57 Å². The highest BCUT2D eigenvalue weighted by Crippen LogP contribution is 2.40. The minimum absolute atomic E-state index is 0.0598. The van der Waals surface area contributed by atoms with Crippen LogP contribution in [0.5, 0.6) is 5.75 Å². The largest absolute Gasteiger partial charge is 0.500 e. The van der Waals surface area contributed by atoms with Gasteiger partial charge in [0.2, 0.25) is 0 Å². The Bertz CT molecular complexity index is 1320. The zero-order chi connectivity index (χ0) is 28.3. The number of methoxy groups -OCH3 is 2. The number of benzene rings is 1. The molecule has 1 unspecified atom stereocenters. The van der Waals surface area contributed by atoms with Crippen molar-refractivity contribution in [3.05, 3.63) is 77.5 Å². The van der Waals surface area contributed by atoms with Crippen molar-refractivity contribution in [1.29, 1.82) is 0 Å². The number of allylic oxidation sites excluding steroid dienone is 5. The third-order valence-corrected chi connectivity index (χ3v) is 8.14. The van der Waals surface area contributed by atoms with Crippen molar-refractivity contribution < 1.29 is 24.2 Å². The number of nitrogens with zero attached hydrogens (tertiary/aromatic N) is 4. The van der Waals surface area contributed by atoms with Gasteiger partial charge in [-0.25, -0.2) is 4.79 Å². The van der Waals surface area contributed by atoms with E-state index in [2.05, 4.69) is 16.3 Å². The van der Waals surface area contributed by atoms with E-state index in [1.807, 2.05) is 52.4 Å². The van der Waals surface area contributed by atoms with Crippen LogP contribution >= 0.6 is 0 Å². The molecule has 212 valence electrons. The molecule has 5 rings (SSSR count). The summed E-state index contributed by atoms with van der Waals surface area (Å²) in [5, 5.41) is 16.8. The van der Waals surface area contributed by atoms with Crippen molar-refractivity contribution in [2.45, 2.75) is 50.8 Å². The van der Waals surface area contributed by atoms with Gasteiger partial charge in [-0.3, -0.25) is 14.8 Å². The van der Waals surface area contributed by atoms with Crippen molar-refractivity contribution in [2.75, 3.05) is 33.9 Å². The SMILES string of the molecule is COC1=C(c2cn[nH]c2)/C=C\C(N2CC3(CCN(C(=O)C(C)O)CC3)N(Cc3cccc(OC)c3)C2=O)=C/CC1. The number of hydrogen-bond acceptors (Lipinski definition) is 6. The van der Waals surface area contributed by atoms with Gasteiger partial charge in [0.25, 0.3) is 5.91 Å². The number of likely N-dealkylation sites (tertiary alicyclic amines) is 1. The zero-order valence-electron chi connectivity index (χ0n) is 23.3. The minimum Gasteiger partial charge on any atom is -0.500 e. The van der Waals surface area contributed by atoms with Crippen LogP contribution in [-0.2, 0) is 16.1 Å². The van der Waals surface area contributed by atoms with Crippen molar-refractivity contribution in [2.24, 2.45) is 0 Å². The number of rotatable bonds is 7. The molecular formula is C30H37N5O5. The van der Waals surface area contributed by atoms with Crippen LogP contribution in [0.2, 0.25) is 0 Å². The number of nitrogens with one attached hydrogen (secondary N) is 1. The maximum absolute atomic E-state index is 14.2. The number of amides is 3. The highest BCUT2D eigenvalue weighted by Gasteiger charge is 2.52. The van der Waals surface area contributed by atoms with Gasteiger partial charge >= 0.3 is 6.03 Å². The Labute approximate surface area is 234 Å². The fourth-order valence-corrected chi connectivity index (χ4v) is 5.91. The van der Waals surface area contributed by atoms with Crippen LogP contribution in [0.1, 0.15) is 43.7 Å². The Hall–Kier alpha value is -4.05. The molecule has 2 aromatic rings. The first-order valence-electron chi connectivity index (χ1n) is 13.7. The van der Waals surface area contributed by atoms with Crippen LogP contribution in [0, 0.1) is 0 Å². The second-order valence-corrected chi connectivity index (χ2v) is 10.6. The van der Waals surface area contributed by atoms with E-state index in [-0.39, 0.29) is 11.9 Å². The van der Waals surface area contributed by atoms with Crippen LogP contribution in [0.3, 0.4) is 0 Å². The molecule has 0 saturated carbocycles. The smallest absolute Gasteiger partial charge is 0.325 e. The molecule has 2 saturated heterocycles. The fourth-order valence-electron chi connectivity index (χ4n) is 5.91. The maximum atomic E-state index is 14.2. The number of H-pyrrole nitrogens is 1. The molecular weight excluding hydrogens is 510 g/mol. The topological polar surface area (TPSA) is 111 Å². The van der Waals surface area contributed by atoms with Gasteiger partial charge in [0.1, 0.15) is 17.6 Å². The third-order valence-electron chi connectivity index (χ3n) is 8.14. The van der Waals surface area contributed by atoms with Gasteiger partial charge in [-0.15, -0.1) is 0 Å². The lowest BCUT2D eigenvalue weighted by Crippen LogP contribution is -2.56. The monoisotopic (exact) mass is 547 g/mol. The number of aromatic nitrogens is 2. The summed E-state index contributed by atoms with van der Waals surface area (Å²) in [6.45, 7) is 3.42. The number of piperidine rings is 1. The summed E-state index contributed by atoms with van der Waals surface area (Å²) in [4.78, 5) is 32.2. The van der Waals surface area contributed by atoms with Crippen molar-refractivity contribution in [3.63, 3.8) is 0 Å². The molecule has 1 aromatic carbocycles. The number of aliphatic hydroxyl groups is 1. The lowest BCUT2D eigenvalue weighted by molar-refractivity contribution is -0.141. The summed E-state index contributed by atoms with van der Waals surface area (Å²) in [6.07, 6.45) is 11.3. The Morgan fingerprint density at radius 2 is 2.00 bits per heavy atom. The number of urea groups is 1. The molecule has 3 aliphatic rings. The zero-order valence-corrected chi connectivity index (χ0v) is 23.3. The number of ether oxygens (including phenoxy) is 2. The number of carbonyl (C=O) groups excluding carboxylic acids is 2. The fraction of sp³-hybridized carbons (Fsp3) is 0.433. The van der Waals surface area contributed by atoms with Gasteiger partial charge < -0.3 is 24.4 Å². The average Bonchev–Trinajstić information content (AvgIpc) is 3.57. The lowest BCUT2D eigenvalue weighted by Gasteiger charge is -2.44. The molecule has 1 atom stereocenters. The van der Waals surface area contributed by atoms with Crippen molar-refractivity contribution >= 4 is 17.5 Å². The first kappa shape index (κ1) is 27.5. The average molecular weight is 548 g/mol. The molecule has 3 heterocycles. The van der Waals surface area contributed by atoms with Crippen LogP contribution in [0.15, 0.2) is 66.3 Å². The lowest BCUT2D eigenvalue weighted by atomic mass is 9.86. The second-order valence-electron chi connectivity index (χ2n) is 10.6. The van der Waals surface area contributed by atoms with Gasteiger partial charge in [0.15, 0.2) is 0 Å². The molecule has 2 fully saturated rings. The Balaban J connectivity index is 1.45. The normalized spacial score (nSPS) is 22.1. The van der Waals surface area contributed by atoms with Gasteiger partial charge in [0.05, 0.1) is 32.5 Å². The number of hydrogen-bond donors (Lipinski definition) is 2. The molecule has 1 spiro atoms. The second kappa shape index (κ2) is 11.6. The molecule has 2 aliphatic heterocycles. The van der Waals surface area contributed by atoms with E-state index < -0.39 is 11.6 Å². The van der Waals surface area contributed by atoms with Gasteiger partial charge in [-0.05, 0) is 56.0 Å². The standard InChI is InChI=1S/C30H37N5O5/c1-21(36)28(37)33-14-12-30(13-15-33)20-34(29(38)35(30)19-22-6-4-8-25(16-22)39-2)24-7-5-9-27(40-3)26(11-10-24)23-17-31-32-18-23/h4,6-8,10-11,16-18,21,36H,5,9,12-15,19-20H2,1-3H3,(H,31,32)/b11-10-,24-7+,27-26?. The molecule has 2 N–H and O–H groups in total. The quantitative estimate of drug-likeness (QED) is 0.547. The van der Waals surface area contributed by atoms with E-state index in [9.17, 15) is 14.7 Å². The number of carbonyl (C=O) groups is 2. The highest BCUT2D eigenvalue weighted by atomic mass is 16.5. The summed E-state index contributed by atoms with van der Waals surface area (Å²) in [6, 6.07) is 7.72. The molecule has 0 bridgehead atoms. The molecule has 3 amide bonds. The molecule has 1 aromatic heterocycles. The molecule has 40 heavy (non-hydrogen) atoms. The van der Waals surface area contributed by atoms with Crippen LogP contribution < -0.4 is 4.74 Å². The number of aromatic amines is 1. The van der Waals surface area contributed by atoms with Gasteiger partial charge in [-0.1, -0.05) is 18.2 Å². The first-order chi connectivity index (χ1) is 19.3. The third kappa shape index (κ3) is 5.36. The minimum atomic E-state index is -1.04. The van der Waals surface area contributed by atoms with Crippen molar-refractivity contribution in [3.8, 4) is 5.75 Å². The van der Waals surface area contributed by atoms with E-state index in [4.69, 9.17) is 9.47 Å². The Morgan fingerprint density at radius 1 is 1.20 bits per heavy atom.